The molecule has 0 unspecified atom stereocenters. The maximum Gasteiger partial charge on any atom is 0.347 e. The Kier molecular flexibility index (Phi) is 3.59. The molecule has 2 aromatic carbocycles. The molecule has 3 rings (SSSR count). The zero-order chi connectivity index (χ0) is 17.3. The number of thiazole rings is 1. The topological polar surface area (TPSA) is 74.0 Å². The Hall–Kier alpha value is -2.97. The third-order valence-corrected chi connectivity index (χ3v) is 4.56. The van der Waals surface area contributed by atoms with E-state index in [9.17, 15) is 10.1 Å². The number of rotatable bonds is 3. The van der Waals surface area contributed by atoms with Crippen LogP contribution >= 0.6 is 11.3 Å². The monoisotopic (exact) mass is 321 g/mol. The molecule has 1 aromatic heterocycles. The van der Waals surface area contributed by atoms with Crippen LogP contribution in [0.5, 0.6) is 0 Å². The SMILES string of the molecule is [2H]c1cc(-c2nc(C)c(C(=O)O)s2)cc(C#N)c1-c1ccccc1. The van der Waals surface area contributed by atoms with Crippen molar-refractivity contribution in [2.75, 3.05) is 0 Å². The Labute approximate surface area is 138 Å². The molecule has 0 saturated carbocycles. The van der Waals surface area contributed by atoms with Gasteiger partial charge in [-0.15, -0.1) is 11.3 Å². The lowest BCUT2D eigenvalue weighted by molar-refractivity contribution is 0.0701. The second-order valence-corrected chi connectivity index (χ2v) is 5.89. The first-order valence-electron chi connectivity index (χ1n) is 7.32. The second-order valence-electron chi connectivity index (χ2n) is 4.89. The summed E-state index contributed by atoms with van der Waals surface area (Å²) >= 11 is 1.05. The van der Waals surface area contributed by atoms with Gasteiger partial charge < -0.3 is 5.11 Å². The normalized spacial score (nSPS) is 10.9. The van der Waals surface area contributed by atoms with Gasteiger partial charge in [-0.25, -0.2) is 9.78 Å². The van der Waals surface area contributed by atoms with Gasteiger partial charge >= 0.3 is 5.97 Å². The van der Waals surface area contributed by atoms with Gasteiger partial charge in [0.15, 0.2) is 0 Å². The molecule has 0 saturated heterocycles. The second kappa shape index (κ2) is 6.03. The number of carboxylic acid groups (broad SMARTS) is 1. The minimum Gasteiger partial charge on any atom is -0.477 e. The van der Waals surface area contributed by atoms with Crippen LogP contribution in [0.3, 0.4) is 0 Å². The number of hydrogen-bond acceptors (Lipinski definition) is 4. The van der Waals surface area contributed by atoms with Gasteiger partial charge in [-0.2, -0.15) is 5.26 Å². The number of aryl methyl sites for hydroxylation is 1. The highest BCUT2D eigenvalue weighted by atomic mass is 32.1. The third kappa shape index (κ3) is 2.85. The van der Waals surface area contributed by atoms with Crippen molar-refractivity contribution in [1.29, 1.82) is 5.26 Å². The van der Waals surface area contributed by atoms with Crippen LogP contribution < -0.4 is 0 Å². The number of nitriles is 1. The van der Waals surface area contributed by atoms with Gasteiger partial charge in [-0.05, 0) is 24.1 Å². The number of carbonyl (C=O) groups is 1. The molecule has 112 valence electrons. The van der Waals surface area contributed by atoms with Crippen molar-refractivity contribution in [1.82, 2.24) is 4.98 Å². The summed E-state index contributed by atoms with van der Waals surface area (Å²) in [5, 5.41) is 19.1. The summed E-state index contributed by atoms with van der Waals surface area (Å²) in [7, 11) is 0. The first-order chi connectivity index (χ1) is 11.5. The summed E-state index contributed by atoms with van der Waals surface area (Å²) in [6, 6.07) is 14.9. The number of benzene rings is 2. The third-order valence-electron chi connectivity index (χ3n) is 3.36. The first-order valence-corrected chi connectivity index (χ1v) is 7.64. The summed E-state index contributed by atoms with van der Waals surface area (Å²) in [5.41, 5.74) is 2.74. The summed E-state index contributed by atoms with van der Waals surface area (Å²) in [5.74, 6) is -1.02. The lowest BCUT2D eigenvalue weighted by atomic mass is 9.98. The molecular formula is C18H12N2O2S. The molecule has 0 aliphatic rings. The molecule has 5 heteroatoms. The fourth-order valence-electron chi connectivity index (χ4n) is 2.27. The summed E-state index contributed by atoms with van der Waals surface area (Å²) in [4.78, 5) is 15.6. The standard InChI is InChI=1S/C18H12N2O2S/c1-11-16(18(21)22)23-17(20-11)13-7-8-15(14(9-13)10-19)12-5-3-2-4-6-12/h2-9H,1H3,(H,21,22)/i8D. The molecule has 0 aliphatic carbocycles. The molecule has 3 aromatic rings. The highest BCUT2D eigenvalue weighted by Crippen LogP contribution is 2.32. The fraction of sp³-hybridized carbons (Fsp3) is 0.0556. The molecule has 23 heavy (non-hydrogen) atoms. The predicted molar refractivity (Wildman–Crippen MR) is 89.4 cm³/mol. The van der Waals surface area contributed by atoms with E-state index in [-0.39, 0.29) is 10.9 Å². The van der Waals surface area contributed by atoms with Gasteiger partial charge in [0.05, 0.1) is 18.7 Å². The summed E-state index contributed by atoms with van der Waals surface area (Å²) in [6.45, 7) is 1.63. The van der Waals surface area contributed by atoms with E-state index in [2.05, 4.69) is 11.1 Å². The van der Waals surface area contributed by atoms with Crippen LogP contribution in [0.25, 0.3) is 21.7 Å². The minimum absolute atomic E-state index is 0.169. The zero-order valence-electron chi connectivity index (χ0n) is 13.2. The number of aromatic carboxylic acids is 1. The van der Waals surface area contributed by atoms with Crippen LogP contribution in [-0.2, 0) is 0 Å². The molecule has 0 radical (unpaired) electrons. The molecule has 1 heterocycles. The van der Waals surface area contributed by atoms with Gasteiger partial charge in [0.25, 0.3) is 0 Å². The molecule has 0 fully saturated rings. The molecule has 0 atom stereocenters. The average Bonchev–Trinajstić information content (AvgIpc) is 2.97. The first kappa shape index (κ1) is 13.7. The van der Waals surface area contributed by atoms with Gasteiger partial charge in [-0.1, -0.05) is 42.4 Å². The highest BCUT2D eigenvalue weighted by molar-refractivity contribution is 7.17. The summed E-state index contributed by atoms with van der Waals surface area (Å²) < 4.78 is 8.30. The Morgan fingerprint density at radius 1 is 1.30 bits per heavy atom. The fourth-order valence-corrected chi connectivity index (χ4v) is 3.16. The quantitative estimate of drug-likeness (QED) is 0.778. The van der Waals surface area contributed by atoms with Crippen LogP contribution in [0, 0.1) is 18.3 Å². The van der Waals surface area contributed by atoms with Crippen molar-refractivity contribution in [3.63, 3.8) is 0 Å². The molecule has 4 nitrogen and oxygen atoms in total. The number of hydrogen-bond donors (Lipinski definition) is 1. The van der Waals surface area contributed by atoms with Crippen LogP contribution in [0.4, 0.5) is 0 Å². The minimum atomic E-state index is -1.02. The largest absolute Gasteiger partial charge is 0.477 e. The van der Waals surface area contributed by atoms with E-state index in [4.69, 9.17) is 6.48 Å². The van der Waals surface area contributed by atoms with E-state index in [1.807, 2.05) is 30.3 Å². The van der Waals surface area contributed by atoms with Crippen molar-refractivity contribution in [2.24, 2.45) is 0 Å². The van der Waals surface area contributed by atoms with Crippen molar-refractivity contribution in [3.05, 3.63) is 64.6 Å². The van der Waals surface area contributed by atoms with Gasteiger partial charge in [0.1, 0.15) is 9.88 Å². The predicted octanol–water partition coefficient (Wildman–Crippen LogP) is 4.36. The van der Waals surface area contributed by atoms with Crippen molar-refractivity contribution < 1.29 is 11.3 Å². The maximum atomic E-state index is 11.2. The Morgan fingerprint density at radius 3 is 2.65 bits per heavy atom. The van der Waals surface area contributed by atoms with E-state index >= 15 is 0 Å². The van der Waals surface area contributed by atoms with Gasteiger partial charge in [0, 0.05) is 5.56 Å². The van der Waals surface area contributed by atoms with Gasteiger partial charge in [0.2, 0.25) is 0 Å². The average molecular weight is 321 g/mol. The molecule has 0 spiro atoms. The Bertz CT molecular complexity index is 975. The molecule has 0 aliphatic heterocycles. The maximum absolute atomic E-state index is 11.2. The molecule has 0 amide bonds. The lowest BCUT2D eigenvalue weighted by Gasteiger charge is -2.06. The van der Waals surface area contributed by atoms with Crippen LogP contribution in [0.1, 0.15) is 22.3 Å². The zero-order valence-corrected chi connectivity index (χ0v) is 13.0. The van der Waals surface area contributed by atoms with Crippen LogP contribution in [0.2, 0.25) is 0 Å². The van der Waals surface area contributed by atoms with E-state index < -0.39 is 5.97 Å². The molecular weight excluding hydrogens is 308 g/mol. The lowest BCUT2D eigenvalue weighted by Crippen LogP contribution is -1.94. The van der Waals surface area contributed by atoms with Crippen LogP contribution in [-0.4, -0.2) is 16.1 Å². The summed E-state index contributed by atoms with van der Waals surface area (Å²) in [6.07, 6.45) is 0. The van der Waals surface area contributed by atoms with Gasteiger partial charge in [-0.3, -0.25) is 0 Å². The molecule has 0 bridgehead atoms. The van der Waals surface area contributed by atoms with Crippen LogP contribution in [0.15, 0.2) is 48.5 Å². The van der Waals surface area contributed by atoms with Crippen molar-refractivity contribution >= 4 is 17.3 Å². The van der Waals surface area contributed by atoms with E-state index in [1.165, 1.54) is 0 Å². The highest BCUT2D eigenvalue weighted by Gasteiger charge is 2.16. The Balaban J connectivity index is 2.16. The van der Waals surface area contributed by atoms with Crippen molar-refractivity contribution in [3.8, 4) is 27.8 Å². The number of aromatic nitrogens is 1. The van der Waals surface area contributed by atoms with Crippen molar-refractivity contribution in [2.45, 2.75) is 6.92 Å². The number of carboxylic acids is 1. The van der Waals surface area contributed by atoms with E-state index in [0.717, 1.165) is 16.9 Å². The van der Waals surface area contributed by atoms with E-state index in [1.54, 1.807) is 19.1 Å². The number of nitrogens with zero attached hydrogens (tertiary/aromatic N) is 2. The van der Waals surface area contributed by atoms with E-state index in [0.29, 0.717) is 27.4 Å². The smallest absolute Gasteiger partial charge is 0.347 e. The Morgan fingerprint density at radius 2 is 2.04 bits per heavy atom. The molecule has 1 N–H and O–H groups in total.